The maximum absolute atomic E-state index is 9.41. The third-order valence-corrected chi connectivity index (χ3v) is 1.97. The first-order valence-electron chi connectivity index (χ1n) is 3.72. The molecule has 9 heavy (non-hydrogen) atoms. The molecule has 3 nitrogen and oxygen atoms in total. The van der Waals surface area contributed by atoms with Gasteiger partial charge in [0.15, 0.2) is 0 Å². The van der Waals surface area contributed by atoms with Gasteiger partial charge >= 0.3 is 0 Å². The number of hydrogen-bond acceptors (Lipinski definition) is 3. The summed E-state index contributed by atoms with van der Waals surface area (Å²) in [6.07, 6.45) is -0.754. The summed E-state index contributed by atoms with van der Waals surface area (Å²) in [6.45, 7) is 0.910. The summed E-state index contributed by atoms with van der Waals surface area (Å²) in [7, 11) is 0. The Hall–Kier alpha value is -0.120. The van der Waals surface area contributed by atoms with Crippen molar-refractivity contribution in [3.63, 3.8) is 0 Å². The lowest BCUT2D eigenvalue weighted by Crippen LogP contribution is -2.35. The molecule has 52 valence electrons. The second kappa shape index (κ2) is 1.48. The van der Waals surface area contributed by atoms with Gasteiger partial charge in [0.1, 0.15) is 17.8 Å². The van der Waals surface area contributed by atoms with Crippen LogP contribution in [0.5, 0.6) is 0 Å². The zero-order chi connectivity index (χ0) is 7.19. The Kier molecular flexibility index (Phi) is 0.766. The summed E-state index contributed by atoms with van der Waals surface area (Å²) in [5.74, 6) is 0. The topological polar surface area (TPSA) is 38.7 Å². The molecule has 1 N–H and O–H groups in total. The SMILES string of the molecule is [2H]C[C@@]12CO[C@@H](CO1)[C@H]2O. The van der Waals surface area contributed by atoms with Crippen molar-refractivity contribution >= 4 is 0 Å². The van der Waals surface area contributed by atoms with Gasteiger partial charge in [-0.1, -0.05) is 0 Å². The summed E-state index contributed by atoms with van der Waals surface area (Å²) >= 11 is 0. The van der Waals surface area contributed by atoms with Crippen LogP contribution >= 0.6 is 0 Å². The fraction of sp³-hybridized carbons (Fsp3) is 1.00. The zero-order valence-corrected chi connectivity index (χ0v) is 5.04. The maximum atomic E-state index is 9.41. The standard InChI is InChI=1S/C6H10O3/c1-6-3-8-4(2-9-6)5(6)7/h4-5,7H,2-3H2,1H3/t4-,5+,6-/m0/s1/i1D. The Bertz CT molecular complexity index is 142. The summed E-state index contributed by atoms with van der Waals surface area (Å²) in [6, 6.07) is 0. The minimum absolute atomic E-state index is 0.0880. The number of rotatable bonds is 0. The van der Waals surface area contributed by atoms with E-state index in [2.05, 4.69) is 0 Å². The molecule has 2 fully saturated rings. The van der Waals surface area contributed by atoms with Crippen LogP contribution in [0.25, 0.3) is 0 Å². The molecular formula is C6H10O3. The van der Waals surface area contributed by atoms with Gasteiger partial charge < -0.3 is 14.6 Å². The van der Waals surface area contributed by atoms with Crippen molar-refractivity contribution in [2.45, 2.75) is 24.7 Å². The van der Waals surface area contributed by atoms with Crippen molar-refractivity contribution in [3.8, 4) is 0 Å². The van der Waals surface area contributed by atoms with E-state index in [4.69, 9.17) is 10.8 Å². The summed E-state index contributed by atoms with van der Waals surface area (Å²) in [5.41, 5.74) is -0.690. The average Bonchev–Trinajstić information content (AvgIpc) is 2.46. The molecule has 0 aromatic rings. The van der Waals surface area contributed by atoms with Crippen LogP contribution in [0.4, 0.5) is 0 Å². The van der Waals surface area contributed by atoms with Crippen LogP contribution in [-0.2, 0) is 9.47 Å². The molecule has 0 unspecified atom stereocenters. The molecule has 2 rings (SSSR count). The number of aliphatic hydroxyl groups excluding tert-OH is 1. The molecule has 0 radical (unpaired) electrons. The largest absolute Gasteiger partial charge is 0.387 e. The molecule has 0 aromatic heterocycles. The van der Waals surface area contributed by atoms with E-state index in [1.54, 1.807) is 0 Å². The van der Waals surface area contributed by atoms with E-state index in [0.717, 1.165) is 0 Å². The Morgan fingerprint density at radius 2 is 2.78 bits per heavy atom. The van der Waals surface area contributed by atoms with Gasteiger partial charge in [0, 0.05) is 1.37 Å². The highest BCUT2D eigenvalue weighted by Crippen LogP contribution is 2.34. The highest BCUT2D eigenvalue weighted by molar-refractivity contribution is 5.00. The molecule has 2 bridgehead atoms. The van der Waals surface area contributed by atoms with E-state index in [1.807, 2.05) is 0 Å². The molecule has 2 heterocycles. The molecule has 0 amide bonds. The third kappa shape index (κ3) is 0.569. The van der Waals surface area contributed by atoms with Gasteiger partial charge in [-0.15, -0.1) is 0 Å². The van der Waals surface area contributed by atoms with Gasteiger partial charge in [-0.25, -0.2) is 0 Å². The van der Waals surface area contributed by atoms with E-state index >= 15 is 0 Å². The lowest BCUT2D eigenvalue weighted by molar-refractivity contribution is -0.0900. The van der Waals surface area contributed by atoms with Crippen molar-refractivity contribution in [3.05, 3.63) is 0 Å². The van der Waals surface area contributed by atoms with Gasteiger partial charge in [-0.3, -0.25) is 0 Å². The lowest BCUT2D eigenvalue weighted by atomic mass is 10.0. The van der Waals surface area contributed by atoms with E-state index in [1.165, 1.54) is 0 Å². The highest BCUT2D eigenvalue weighted by atomic mass is 16.6. The first-order valence-corrected chi connectivity index (χ1v) is 3.01. The van der Waals surface area contributed by atoms with Gasteiger partial charge in [0.25, 0.3) is 0 Å². The fourth-order valence-electron chi connectivity index (χ4n) is 1.28. The van der Waals surface area contributed by atoms with Crippen LogP contribution in [0, 0.1) is 0 Å². The molecule has 2 aliphatic heterocycles. The van der Waals surface area contributed by atoms with E-state index in [0.29, 0.717) is 13.2 Å². The quantitative estimate of drug-likeness (QED) is 0.483. The molecule has 0 saturated carbocycles. The van der Waals surface area contributed by atoms with Gasteiger partial charge in [0.2, 0.25) is 0 Å². The summed E-state index contributed by atoms with van der Waals surface area (Å²) in [4.78, 5) is 0. The van der Waals surface area contributed by atoms with Crippen molar-refractivity contribution in [1.29, 1.82) is 0 Å². The minimum atomic E-state index is -0.690. The van der Waals surface area contributed by atoms with Gasteiger partial charge in [0.05, 0.1) is 13.2 Å². The number of hydrogen-bond donors (Lipinski definition) is 1. The van der Waals surface area contributed by atoms with E-state index in [9.17, 15) is 5.11 Å². The van der Waals surface area contributed by atoms with Crippen LogP contribution in [0.3, 0.4) is 0 Å². The fourth-order valence-corrected chi connectivity index (χ4v) is 1.28. The van der Waals surface area contributed by atoms with Crippen LogP contribution in [0.1, 0.15) is 8.27 Å². The van der Waals surface area contributed by atoms with Gasteiger partial charge in [-0.05, 0) is 6.90 Å². The van der Waals surface area contributed by atoms with Crippen molar-refractivity contribution in [2.75, 3.05) is 13.2 Å². The smallest absolute Gasteiger partial charge is 0.117 e. The van der Waals surface area contributed by atoms with E-state index in [-0.39, 0.29) is 13.0 Å². The molecule has 3 heteroatoms. The van der Waals surface area contributed by atoms with Crippen LogP contribution in [0.2, 0.25) is 0 Å². The number of fused-ring (bicyclic) bond motifs is 2. The van der Waals surface area contributed by atoms with Crippen molar-refractivity contribution < 1.29 is 16.0 Å². The minimum Gasteiger partial charge on any atom is -0.387 e. The van der Waals surface area contributed by atoms with Gasteiger partial charge in [-0.2, -0.15) is 0 Å². The predicted molar refractivity (Wildman–Crippen MR) is 30.1 cm³/mol. The normalized spacial score (nSPS) is 58.1. The monoisotopic (exact) mass is 131 g/mol. The molecule has 2 saturated heterocycles. The Labute approximate surface area is 55.0 Å². The second-order valence-electron chi connectivity index (χ2n) is 2.67. The Morgan fingerprint density at radius 3 is 3.00 bits per heavy atom. The average molecular weight is 131 g/mol. The molecule has 2 aliphatic rings. The van der Waals surface area contributed by atoms with E-state index < -0.39 is 11.7 Å². The summed E-state index contributed by atoms with van der Waals surface area (Å²) in [5, 5.41) is 9.41. The van der Waals surface area contributed by atoms with Crippen molar-refractivity contribution in [2.24, 2.45) is 0 Å². The number of aliphatic hydroxyl groups is 1. The maximum Gasteiger partial charge on any atom is 0.117 e. The van der Waals surface area contributed by atoms with Crippen LogP contribution in [0.15, 0.2) is 0 Å². The second-order valence-corrected chi connectivity index (χ2v) is 2.67. The molecule has 0 aromatic carbocycles. The third-order valence-electron chi connectivity index (χ3n) is 1.97. The Balaban J connectivity index is 2.22. The van der Waals surface area contributed by atoms with Crippen molar-refractivity contribution in [1.82, 2.24) is 0 Å². The first-order chi connectivity index (χ1) is 4.78. The lowest BCUT2D eigenvalue weighted by Gasteiger charge is -2.20. The van der Waals surface area contributed by atoms with Crippen LogP contribution < -0.4 is 0 Å². The Morgan fingerprint density at radius 1 is 1.89 bits per heavy atom. The molecular weight excluding hydrogens is 120 g/mol. The zero-order valence-electron chi connectivity index (χ0n) is 6.04. The first kappa shape index (κ1) is 4.66. The molecule has 0 aliphatic carbocycles. The predicted octanol–water partition coefficient (Wildman–Crippen LogP) is -0.465. The summed E-state index contributed by atoms with van der Waals surface area (Å²) < 4.78 is 17.5. The van der Waals surface area contributed by atoms with Crippen LogP contribution in [-0.4, -0.2) is 36.1 Å². The molecule has 0 spiro atoms. The number of ether oxygens (including phenoxy) is 2. The molecule has 3 atom stereocenters. The highest BCUT2D eigenvalue weighted by Gasteiger charge is 2.52.